The van der Waals surface area contributed by atoms with Crippen LogP contribution in [-0.2, 0) is 16.1 Å². The molecule has 1 rings (SSSR count). The Morgan fingerprint density at radius 3 is 2.41 bits per heavy atom. The quantitative estimate of drug-likeness (QED) is 0.154. The third kappa shape index (κ3) is 11.9. The molecule has 1 aromatic heterocycles. The highest BCUT2D eigenvalue weighted by Crippen LogP contribution is 2.04. The molecule has 0 aromatic carbocycles. The number of hydrogen-bond acceptors (Lipinski definition) is 4. The van der Waals surface area contributed by atoms with E-state index in [-0.39, 0.29) is 29.9 Å². The topological polar surface area (TPSA) is 80.5 Å². The standard InChI is InChI=1S/C19H35N5O2.HI/c1-5-26-18(25)11-8-6-7-9-12-21-19(20-4)22-13-10-14-24-17(3)15-16(2)23-24;/h15H,5-14H2,1-4H3,(H2,20,21,22);1H. The van der Waals surface area contributed by atoms with E-state index >= 15 is 0 Å². The van der Waals surface area contributed by atoms with E-state index in [1.165, 1.54) is 5.69 Å². The molecule has 0 radical (unpaired) electrons. The molecule has 0 bridgehead atoms. The molecule has 7 nitrogen and oxygen atoms in total. The van der Waals surface area contributed by atoms with Crippen LogP contribution in [0.3, 0.4) is 0 Å². The van der Waals surface area contributed by atoms with Gasteiger partial charge in [0.15, 0.2) is 5.96 Å². The van der Waals surface area contributed by atoms with Crippen molar-refractivity contribution in [3.8, 4) is 0 Å². The molecule has 0 atom stereocenters. The molecule has 1 heterocycles. The fourth-order valence-corrected chi connectivity index (χ4v) is 2.75. The largest absolute Gasteiger partial charge is 0.466 e. The average molecular weight is 493 g/mol. The Kier molecular flexibility index (Phi) is 14.9. The van der Waals surface area contributed by atoms with E-state index in [9.17, 15) is 4.79 Å². The van der Waals surface area contributed by atoms with Crippen LogP contribution in [0.4, 0.5) is 0 Å². The maximum absolute atomic E-state index is 11.2. The van der Waals surface area contributed by atoms with Gasteiger partial charge in [-0.2, -0.15) is 5.10 Å². The summed E-state index contributed by atoms with van der Waals surface area (Å²) in [6.45, 7) is 9.06. The molecule has 0 aliphatic rings. The van der Waals surface area contributed by atoms with Crippen molar-refractivity contribution < 1.29 is 9.53 Å². The maximum atomic E-state index is 11.2. The number of aromatic nitrogens is 2. The number of carbonyl (C=O) groups excluding carboxylic acids is 1. The smallest absolute Gasteiger partial charge is 0.305 e. The highest BCUT2D eigenvalue weighted by Gasteiger charge is 2.02. The minimum atomic E-state index is -0.0873. The van der Waals surface area contributed by atoms with Gasteiger partial charge in [-0.3, -0.25) is 14.5 Å². The lowest BCUT2D eigenvalue weighted by Crippen LogP contribution is -2.38. The van der Waals surface area contributed by atoms with Gasteiger partial charge in [-0.25, -0.2) is 0 Å². The molecule has 0 aliphatic heterocycles. The van der Waals surface area contributed by atoms with Crippen molar-refractivity contribution in [2.75, 3.05) is 26.7 Å². The van der Waals surface area contributed by atoms with Crippen LogP contribution in [0.15, 0.2) is 11.1 Å². The van der Waals surface area contributed by atoms with Crippen LogP contribution in [-0.4, -0.2) is 48.5 Å². The monoisotopic (exact) mass is 493 g/mol. The van der Waals surface area contributed by atoms with Crippen molar-refractivity contribution >= 4 is 35.9 Å². The molecule has 27 heavy (non-hydrogen) atoms. The Labute approximate surface area is 180 Å². The van der Waals surface area contributed by atoms with E-state index in [0.29, 0.717) is 13.0 Å². The van der Waals surface area contributed by atoms with Crippen LogP contribution < -0.4 is 10.6 Å². The second kappa shape index (κ2) is 15.7. The van der Waals surface area contributed by atoms with Gasteiger partial charge in [0, 0.05) is 38.8 Å². The lowest BCUT2D eigenvalue weighted by atomic mass is 10.1. The number of guanidine groups is 1. The molecule has 0 amide bonds. The fourth-order valence-electron chi connectivity index (χ4n) is 2.75. The third-order valence-electron chi connectivity index (χ3n) is 4.07. The molecular formula is C19H36IN5O2. The van der Waals surface area contributed by atoms with Gasteiger partial charge in [-0.05, 0) is 46.1 Å². The summed E-state index contributed by atoms with van der Waals surface area (Å²) in [5.74, 6) is 0.751. The first-order valence-corrected chi connectivity index (χ1v) is 9.68. The van der Waals surface area contributed by atoms with Gasteiger partial charge >= 0.3 is 5.97 Å². The van der Waals surface area contributed by atoms with Gasteiger partial charge < -0.3 is 15.4 Å². The number of unbranched alkanes of at least 4 members (excludes halogenated alkanes) is 3. The van der Waals surface area contributed by atoms with E-state index in [0.717, 1.165) is 63.4 Å². The zero-order valence-electron chi connectivity index (χ0n) is 17.2. The lowest BCUT2D eigenvalue weighted by Gasteiger charge is -2.12. The normalized spacial score (nSPS) is 11.0. The molecule has 0 saturated heterocycles. The summed E-state index contributed by atoms with van der Waals surface area (Å²) in [4.78, 5) is 15.5. The highest BCUT2D eigenvalue weighted by molar-refractivity contribution is 14.0. The molecule has 0 aliphatic carbocycles. The highest BCUT2D eigenvalue weighted by atomic mass is 127. The Hall–Kier alpha value is -1.32. The van der Waals surface area contributed by atoms with E-state index in [4.69, 9.17) is 4.74 Å². The van der Waals surface area contributed by atoms with Crippen molar-refractivity contribution in [3.05, 3.63) is 17.5 Å². The number of nitrogens with one attached hydrogen (secondary N) is 2. The number of halogens is 1. The number of ether oxygens (including phenoxy) is 1. The van der Waals surface area contributed by atoms with Gasteiger partial charge in [0.2, 0.25) is 0 Å². The summed E-state index contributed by atoms with van der Waals surface area (Å²) in [5.41, 5.74) is 2.27. The van der Waals surface area contributed by atoms with Gasteiger partial charge in [0.1, 0.15) is 0 Å². The summed E-state index contributed by atoms with van der Waals surface area (Å²) >= 11 is 0. The average Bonchev–Trinajstić information content (AvgIpc) is 2.93. The molecule has 0 fully saturated rings. The van der Waals surface area contributed by atoms with Crippen LogP contribution in [0.25, 0.3) is 0 Å². The summed E-state index contributed by atoms with van der Waals surface area (Å²) in [6.07, 6.45) is 5.64. The molecule has 8 heteroatoms. The minimum absolute atomic E-state index is 0. The minimum Gasteiger partial charge on any atom is -0.466 e. The number of hydrogen-bond donors (Lipinski definition) is 2. The Bertz CT molecular complexity index is 560. The van der Waals surface area contributed by atoms with Gasteiger partial charge in [-0.1, -0.05) is 12.8 Å². The predicted octanol–water partition coefficient (Wildman–Crippen LogP) is 3.19. The first kappa shape index (κ1) is 25.7. The Morgan fingerprint density at radius 1 is 1.15 bits per heavy atom. The van der Waals surface area contributed by atoms with E-state index in [1.54, 1.807) is 7.05 Å². The van der Waals surface area contributed by atoms with Crippen molar-refractivity contribution in [3.63, 3.8) is 0 Å². The molecular weight excluding hydrogens is 457 g/mol. The second-order valence-electron chi connectivity index (χ2n) is 6.40. The second-order valence-corrected chi connectivity index (χ2v) is 6.40. The van der Waals surface area contributed by atoms with Crippen molar-refractivity contribution in [2.24, 2.45) is 4.99 Å². The fraction of sp³-hybridized carbons (Fsp3) is 0.737. The van der Waals surface area contributed by atoms with Gasteiger partial charge in [-0.15, -0.1) is 24.0 Å². The Morgan fingerprint density at radius 2 is 1.81 bits per heavy atom. The zero-order chi connectivity index (χ0) is 19.2. The zero-order valence-corrected chi connectivity index (χ0v) is 19.5. The lowest BCUT2D eigenvalue weighted by molar-refractivity contribution is -0.143. The van der Waals surface area contributed by atoms with Crippen LogP contribution in [0.5, 0.6) is 0 Å². The third-order valence-corrected chi connectivity index (χ3v) is 4.07. The van der Waals surface area contributed by atoms with Gasteiger partial charge in [0.25, 0.3) is 0 Å². The summed E-state index contributed by atoms with van der Waals surface area (Å²) < 4.78 is 6.96. The summed E-state index contributed by atoms with van der Waals surface area (Å²) in [5, 5.41) is 11.1. The number of aryl methyl sites for hydroxylation is 3. The van der Waals surface area contributed by atoms with Crippen molar-refractivity contribution in [1.29, 1.82) is 0 Å². The van der Waals surface area contributed by atoms with Crippen LogP contribution in [0.2, 0.25) is 0 Å². The SMILES string of the molecule is CCOC(=O)CCCCCCNC(=NC)NCCCn1nc(C)cc1C.I. The molecule has 156 valence electrons. The first-order valence-electron chi connectivity index (χ1n) is 9.68. The number of carbonyl (C=O) groups is 1. The number of esters is 1. The van der Waals surface area contributed by atoms with E-state index in [2.05, 4.69) is 33.7 Å². The number of rotatable bonds is 12. The predicted molar refractivity (Wildman–Crippen MR) is 121 cm³/mol. The van der Waals surface area contributed by atoms with Gasteiger partial charge in [0.05, 0.1) is 12.3 Å². The molecule has 0 unspecified atom stereocenters. The molecule has 0 saturated carbocycles. The van der Waals surface area contributed by atoms with Crippen LogP contribution in [0, 0.1) is 13.8 Å². The van der Waals surface area contributed by atoms with Crippen LogP contribution in [0.1, 0.15) is 56.8 Å². The summed E-state index contributed by atoms with van der Waals surface area (Å²) in [7, 11) is 1.79. The Balaban J connectivity index is 0.00000676. The number of aliphatic imine (C=N–C) groups is 1. The van der Waals surface area contributed by atoms with E-state index in [1.807, 2.05) is 18.5 Å². The number of nitrogens with zero attached hydrogens (tertiary/aromatic N) is 3. The van der Waals surface area contributed by atoms with Crippen molar-refractivity contribution in [1.82, 2.24) is 20.4 Å². The first-order chi connectivity index (χ1) is 12.6. The molecule has 2 N–H and O–H groups in total. The summed E-state index contributed by atoms with van der Waals surface area (Å²) in [6, 6.07) is 2.10. The van der Waals surface area contributed by atoms with Crippen LogP contribution >= 0.6 is 24.0 Å². The van der Waals surface area contributed by atoms with E-state index < -0.39 is 0 Å². The maximum Gasteiger partial charge on any atom is 0.305 e. The molecule has 1 aromatic rings. The molecule has 0 spiro atoms. The van der Waals surface area contributed by atoms with Crippen molar-refractivity contribution in [2.45, 2.75) is 65.8 Å².